The molecule has 280 valence electrons. The number of benzene rings is 3. The number of sulfone groups is 1. The van der Waals surface area contributed by atoms with Crippen LogP contribution in [0, 0.1) is 11.6 Å². The minimum atomic E-state index is -5.00. The number of alkyl halides is 3. The van der Waals surface area contributed by atoms with Gasteiger partial charge in [0.2, 0.25) is 0 Å². The molecule has 0 fully saturated rings. The average molecular weight is 778 g/mol. The van der Waals surface area contributed by atoms with Crippen LogP contribution in [0.1, 0.15) is 65.6 Å². The molecule has 2 aliphatic rings. The summed E-state index contributed by atoms with van der Waals surface area (Å²) in [7, 11) is -4.75. The molecular formula is C37H33ClF5N3O6S. The Kier molecular flexibility index (Phi) is 10.8. The van der Waals surface area contributed by atoms with E-state index >= 15 is 8.42 Å². The van der Waals surface area contributed by atoms with Crippen LogP contribution < -0.4 is 16.0 Å². The van der Waals surface area contributed by atoms with Gasteiger partial charge in [0.1, 0.15) is 33.2 Å². The molecule has 3 aromatic rings. The van der Waals surface area contributed by atoms with Gasteiger partial charge in [0.25, 0.3) is 5.91 Å². The zero-order valence-corrected chi connectivity index (χ0v) is 30.2. The number of carbonyl (C=O) groups is 2. The summed E-state index contributed by atoms with van der Waals surface area (Å²) in [4.78, 5) is 38.1. The summed E-state index contributed by atoms with van der Waals surface area (Å²) in [6.07, 6.45) is -2.12. The fourth-order valence-corrected chi connectivity index (χ4v) is 9.03. The van der Waals surface area contributed by atoms with E-state index in [2.05, 4.69) is 16.0 Å². The third kappa shape index (κ3) is 8.23. The van der Waals surface area contributed by atoms with Crippen molar-refractivity contribution in [2.75, 3.05) is 23.7 Å². The number of fused-ring (bicyclic) bond motifs is 1. The van der Waals surface area contributed by atoms with Gasteiger partial charge >= 0.3 is 12.3 Å². The highest BCUT2D eigenvalue weighted by atomic mass is 35.5. The third-order valence-electron chi connectivity index (χ3n) is 8.53. The Labute approximate surface area is 306 Å². The van der Waals surface area contributed by atoms with Gasteiger partial charge in [-0.05, 0) is 112 Å². The number of nitrogens with one attached hydrogen (secondary N) is 3. The van der Waals surface area contributed by atoms with Gasteiger partial charge in [-0.1, -0.05) is 23.8 Å². The normalized spacial score (nSPS) is 19.0. The van der Waals surface area contributed by atoms with Crippen molar-refractivity contribution in [2.24, 2.45) is 0 Å². The number of carbonyl (C=O) groups excluding carboxylic acids is 3. The van der Waals surface area contributed by atoms with E-state index in [4.69, 9.17) is 16.3 Å². The zero-order chi connectivity index (χ0) is 39.1. The summed E-state index contributed by atoms with van der Waals surface area (Å²) in [5, 5.41) is 6.31. The molecule has 3 aromatic carbocycles. The Morgan fingerprint density at radius 2 is 1.74 bits per heavy atom. The lowest BCUT2D eigenvalue weighted by atomic mass is 9.88. The van der Waals surface area contributed by atoms with Crippen molar-refractivity contribution in [3.63, 3.8) is 0 Å². The van der Waals surface area contributed by atoms with Gasteiger partial charge in [-0.3, -0.25) is 10.1 Å². The lowest BCUT2D eigenvalue weighted by Crippen LogP contribution is -2.41. The maximum Gasteiger partial charge on any atom is 0.416 e. The van der Waals surface area contributed by atoms with E-state index in [0.29, 0.717) is 12.1 Å². The summed E-state index contributed by atoms with van der Waals surface area (Å²) < 4.78 is 104. The fraction of sp³-hybridized carbons (Fsp3) is 0.297. The van der Waals surface area contributed by atoms with Gasteiger partial charge in [0.05, 0.1) is 11.1 Å². The number of hydrogen-bond donors (Lipinski definition) is 3. The molecule has 3 N–H and O–H groups in total. The lowest BCUT2D eigenvalue weighted by Gasteiger charge is -2.36. The van der Waals surface area contributed by atoms with Crippen LogP contribution >= 0.6 is 11.6 Å². The van der Waals surface area contributed by atoms with E-state index in [1.165, 1.54) is 43.4 Å². The van der Waals surface area contributed by atoms with E-state index < -0.39 is 66.4 Å². The standard InChI is InChI=1S/C37H33ClF5N3O6S/c1-20-17-36(9-7-22(20)19-47,28-15-25(39)5-6-29(28)38)53(50,51)31-18-44-10-8-21-13-27(45-34(49)52-35(2,3)4)16-30(32(21)31)46-33(48)23-11-24(37(41,42)43)14-26(40)12-23/h5-7,9,11-17,31,44H,8,10,18H2,1-4H3,(H,45,49)(H,46,48). The Morgan fingerprint density at radius 1 is 1.02 bits per heavy atom. The van der Waals surface area contributed by atoms with Crippen LogP contribution in [0.25, 0.3) is 0 Å². The number of hydrogen-bond acceptors (Lipinski definition) is 7. The Morgan fingerprint density at radius 3 is 2.38 bits per heavy atom. The number of rotatable bonds is 6. The number of ether oxygens (including phenoxy) is 1. The summed E-state index contributed by atoms with van der Waals surface area (Å²) in [5.74, 6) is -1.65. The first kappa shape index (κ1) is 39.4. The molecule has 0 aromatic heterocycles. The van der Waals surface area contributed by atoms with Gasteiger partial charge < -0.3 is 15.4 Å². The van der Waals surface area contributed by atoms with Crippen LogP contribution in [0.2, 0.25) is 5.02 Å². The quantitative estimate of drug-likeness (QED) is 0.171. The van der Waals surface area contributed by atoms with Crippen molar-refractivity contribution in [1.29, 1.82) is 0 Å². The Bertz CT molecular complexity index is 2230. The molecule has 2 amide bonds. The van der Waals surface area contributed by atoms with E-state index in [0.717, 1.165) is 12.1 Å². The highest BCUT2D eigenvalue weighted by Crippen LogP contribution is 2.49. The summed E-state index contributed by atoms with van der Waals surface area (Å²) in [6, 6.07) is 7.07. The second-order valence-electron chi connectivity index (χ2n) is 13.5. The van der Waals surface area contributed by atoms with E-state index in [9.17, 15) is 36.3 Å². The Hall–Kier alpha value is -4.82. The van der Waals surface area contributed by atoms with Crippen LogP contribution in [0.5, 0.6) is 0 Å². The van der Waals surface area contributed by atoms with Crippen molar-refractivity contribution in [2.45, 2.75) is 55.9 Å². The summed E-state index contributed by atoms with van der Waals surface area (Å²) in [5.41, 5.74) is -3.00. The minimum Gasteiger partial charge on any atom is -0.444 e. The molecule has 0 saturated carbocycles. The zero-order valence-electron chi connectivity index (χ0n) is 28.7. The largest absolute Gasteiger partial charge is 0.444 e. The van der Waals surface area contributed by atoms with Gasteiger partial charge in [0.15, 0.2) is 9.84 Å². The second-order valence-corrected chi connectivity index (χ2v) is 16.2. The van der Waals surface area contributed by atoms with Crippen LogP contribution in [-0.4, -0.2) is 45.1 Å². The predicted octanol–water partition coefficient (Wildman–Crippen LogP) is 8.01. The van der Waals surface area contributed by atoms with Gasteiger partial charge in [-0.15, -0.1) is 0 Å². The van der Waals surface area contributed by atoms with E-state index in [1.807, 2.05) is 0 Å². The molecule has 0 saturated heterocycles. The summed E-state index contributed by atoms with van der Waals surface area (Å²) in [6.45, 7) is 6.23. The SMILES string of the molecule is CC1=CC(c2cc(F)ccc2Cl)(S(=O)(=O)C2CNCCc3cc(NC(=O)OC(C)(C)C)cc(NC(=O)c4cc(F)cc(C(F)(F)F)c4)c32)C=CC1=C=O. The first-order valence-corrected chi connectivity index (χ1v) is 18.0. The lowest BCUT2D eigenvalue weighted by molar-refractivity contribution is -0.137. The van der Waals surface area contributed by atoms with Crippen LogP contribution in [0.4, 0.5) is 38.1 Å². The molecule has 1 heterocycles. The second kappa shape index (κ2) is 14.5. The highest BCUT2D eigenvalue weighted by Gasteiger charge is 2.50. The van der Waals surface area contributed by atoms with Crippen LogP contribution in [-0.2, 0) is 36.7 Å². The molecule has 53 heavy (non-hydrogen) atoms. The van der Waals surface area contributed by atoms with Crippen molar-refractivity contribution in [1.82, 2.24) is 5.32 Å². The molecule has 2 atom stereocenters. The first-order chi connectivity index (χ1) is 24.6. The minimum absolute atomic E-state index is 0.0198. The predicted molar refractivity (Wildman–Crippen MR) is 189 cm³/mol. The highest BCUT2D eigenvalue weighted by molar-refractivity contribution is 7.93. The van der Waals surface area contributed by atoms with Gasteiger partial charge in [-0.25, -0.2) is 26.8 Å². The van der Waals surface area contributed by atoms with Crippen molar-refractivity contribution in [3.05, 3.63) is 122 Å². The fourth-order valence-electron chi connectivity index (χ4n) is 6.23. The smallest absolute Gasteiger partial charge is 0.416 e. The van der Waals surface area contributed by atoms with Gasteiger partial charge in [0, 0.05) is 34.1 Å². The topological polar surface area (TPSA) is 131 Å². The molecule has 1 aliphatic heterocycles. The molecule has 2 unspecified atom stereocenters. The van der Waals surface area contributed by atoms with Gasteiger partial charge in [-0.2, -0.15) is 13.2 Å². The number of amides is 2. The van der Waals surface area contributed by atoms with E-state index in [-0.39, 0.29) is 69.8 Å². The maximum atomic E-state index is 15.3. The number of anilines is 2. The molecule has 0 radical (unpaired) electrons. The molecule has 5 rings (SSSR count). The van der Waals surface area contributed by atoms with Crippen molar-refractivity contribution < 1.29 is 49.5 Å². The van der Waals surface area contributed by atoms with E-state index in [1.54, 1.807) is 26.7 Å². The van der Waals surface area contributed by atoms with Crippen molar-refractivity contribution >= 4 is 50.8 Å². The molecule has 16 heteroatoms. The van der Waals surface area contributed by atoms with Crippen molar-refractivity contribution in [3.8, 4) is 0 Å². The maximum absolute atomic E-state index is 15.3. The molecule has 1 aliphatic carbocycles. The first-order valence-electron chi connectivity index (χ1n) is 16.0. The molecule has 9 nitrogen and oxygen atoms in total. The number of halogens is 6. The monoisotopic (exact) mass is 777 g/mol. The molecule has 0 bridgehead atoms. The Balaban J connectivity index is 1.75. The van der Waals surface area contributed by atoms with Crippen LogP contribution in [0.15, 0.2) is 77.9 Å². The number of allylic oxidation sites excluding steroid dienone is 3. The molecule has 0 spiro atoms. The third-order valence-corrected chi connectivity index (χ3v) is 11.4. The average Bonchev–Trinajstić information content (AvgIpc) is 3.27. The summed E-state index contributed by atoms with van der Waals surface area (Å²) >= 11 is 6.54. The van der Waals surface area contributed by atoms with Crippen LogP contribution in [0.3, 0.4) is 0 Å². The molecular weight excluding hydrogens is 745 g/mol.